The van der Waals surface area contributed by atoms with E-state index in [2.05, 4.69) is 35.9 Å². The minimum atomic E-state index is 0.700. The molecule has 0 saturated heterocycles. The molecular weight excluding hydrogens is 196 g/mol. The zero-order valence-electron chi connectivity index (χ0n) is 10.4. The summed E-state index contributed by atoms with van der Waals surface area (Å²) < 4.78 is 0. The minimum Gasteiger partial charge on any atom is -0.353 e. The van der Waals surface area contributed by atoms with Crippen LogP contribution in [-0.2, 0) is 6.42 Å². The summed E-state index contributed by atoms with van der Waals surface area (Å²) in [4.78, 5) is 7.08. The predicted octanol–water partition coefficient (Wildman–Crippen LogP) is 3.41. The fourth-order valence-corrected chi connectivity index (χ4v) is 2.71. The second-order valence-electron chi connectivity index (χ2n) is 4.66. The van der Waals surface area contributed by atoms with Gasteiger partial charge in [0.15, 0.2) is 0 Å². The molecule has 0 amide bonds. The minimum absolute atomic E-state index is 0.700. The zero-order chi connectivity index (χ0) is 11.4. The Morgan fingerprint density at radius 2 is 2.06 bits per heavy atom. The van der Waals surface area contributed by atoms with Crippen molar-refractivity contribution >= 4 is 5.82 Å². The Balaban J connectivity index is 2.15. The first-order valence-corrected chi connectivity index (χ1v) is 6.57. The van der Waals surface area contributed by atoms with Crippen molar-refractivity contribution in [3.05, 3.63) is 23.9 Å². The number of hydrogen-bond acceptors (Lipinski definition) is 2. The lowest BCUT2D eigenvalue weighted by Crippen LogP contribution is -2.34. The standard InChI is InChI=1S/C14H22N2/c1-3-6-13(7-4-2)16-11-9-12-8-5-10-15-14(12)16/h5,8,10,13H,3-4,6-7,9,11H2,1-2H3. The number of nitrogens with zero attached hydrogens (tertiary/aromatic N) is 2. The Morgan fingerprint density at radius 1 is 1.31 bits per heavy atom. The van der Waals surface area contributed by atoms with Gasteiger partial charge in [-0.3, -0.25) is 0 Å². The van der Waals surface area contributed by atoms with Crippen LogP contribution < -0.4 is 4.90 Å². The molecular formula is C14H22N2. The third-order valence-electron chi connectivity index (χ3n) is 3.45. The first-order valence-electron chi connectivity index (χ1n) is 6.57. The number of anilines is 1. The van der Waals surface area contributed by atoms with Gasteiger partial charge < -0.3 is 4.90 Å². The molecule has 0 spiro atoms. The lowest BCUT2D eigenvalue weighted by Gasteiger charge is -2.29. The molecule has 1 aliphatic rings. The molecule has 0 fully saturated rings. The normalized spacial score (nSPS) is 14.6. The fourth-order valence-electron chi connectivity index (χ4n) is 2.71. The smallest absolute Gasteiger partial charge is 0.132 e. The maximum absolute atomic E-state index is 4.55. The molecule has 88 valence electrons. The number of aromatic nitrogens is 1. The van der Waals surface area contributed by atoms with Crippen molar-refractivity contribution in [3.63, 3.8) is 0 Å². The summed E-state index contributed by atoms with van der Waals surface area (Å²) in [5, 5.41) is 0. The van der Waals surface area contributed by atoms with Gasteiger partial charge >= 0.3 is 0 Å². The molecule has 0 aliphatic carbocycles. The highest BCUT2D eigenvalue weighted by atomic mass is 15.2. The Labute approximate surface area is 98.7 Å². The van der Waals surface area contributed by atoms with Crippen molar-refractivity contribution < 1.29 is 0 Å². The molecule has 1 aromatic heterocycles. The molecule has 2 heterocycles. The van der Waals surface area contributed by atoms with Crippen LogP contribution >= 0.6 is 0 Å². The van der Waals surface area contributed by atoms with Crippen LogP contribution in [0.3, 0.4) is 0 Å². The van der Waals surface area contributed by atoms with Crippen LogP contribution in [0.25, 0.3) is 0 Å². The van der Waals surface area contributed by atoms with Crippen molar-refractivity contribution in [1.82, 2.24) is 4.98 Å². The van der Waals surface area contributed by atoms with E-state index < -0.39 is 0 Å². The van der Waals surface area contributed by atoms with Gasteiger partial charge in [-0.05, 0) is 30.9 Å². The van der Waals surface area contributed by atoms with Crippen molar-refractivity contribution in [2.75, 3.05) is 11.4 Å². The van der Waals surface area contributed by atoms with Crippen molar-refractivity contribution in [2.24, 2.45) is 0 Å². The molecule has 16 heavy (non-hydrogen) atoms. The highest BCUT2D eigenvalue weighted by molar-refractivity contribution is 5.52. The van der Waals surface area contributed by atoms with Gasteiger partial charge in [0.25, 0.3) is 0 Å². The number of fused-ring (bicyclic) bond motifs is 1. The summed E-state index contributed by atoms with van der Waals surface area (Å²) in [7, 11) is 0. The fraction of sp³-hybridized carbons (Fsp3) is 0.643. The molecule has 0 unspecified atom stereocenters. The average molecular weight is 218 g/mol. The SMILES string of the molecule is CCCC(CCC)N1CCc2cccnc21. The lowest BCUT2D eigenvalue weighted by atomic mass is 10.1. The Hall–Kier alpha value is -1.05. The van der Waals surface area contributed by atoms with Gasteiger partial charge in [-0.15, -0.1) is 0 Å². The molecule has 0 atom stereocenters. The van der Waals surface area contributed by atoms with E-state index in [1.807, 2.05) is 6.20 Å². The van der Waals surface area contributed by atoms with Crippen LogP contribution in [0, 0.1) is 0 Å². The van der Waals surface area contributed by atoms with Crippen molar-refractivity contribution in [2.45, 2.75) is 52.0 Å². The molecule has 0 bridgehead atoms. The molecule has 2 nitrogen and oxygen atoms in total. The number of rotatable bonds is 5. The predicted molar refractivity (Wildman–Crippen MR) is 68.9 cm³/mol. The monoisotopic (exact) mass is 218 g/mol. The van der Waals surface area contributed by atoms with Gasteiger partial charge in [0, 0.05) is 18.8 Å². The Kier molecular flexibility index (Phi) is 3.81. The summed E-state index contributed by atoms with van der Waals surface area (Å²) in [5.74, 6) is 1.24. The number of pyridine rings is 1. The van der Waals surface area contributed by atoms with Crippen LogP contribution in [0.5, 0.6) is 0 Å². The largest absolute Gasteiger partial charge is 0.353 e. The van der Waals surface area contributed by atoms with Gasteiger partial charge in [0.2, 0.25) is 0 Å². The van der Waals surface area contributed by atoms with E-state index in [0.717, 1.165) is 6.54 Å². The highest BCUT2D eigenvalue weighted by Gasteiger charge is 2.25. The topological polar surface area (TPSA) is 16.1 Å². The van der Waals surface area contributed by atoms with Crippen LogP contribution in [0.4, 0.5) is 5.82 Å². The summed E-state index contributed by atoms with van der Waals surface area (Å²) in [6.45, 7) is 5.72. The molecule has 1 aliphatic heterocycles. The van der Waals surface area contributed by atoms with Gasteiger partial charge in [-0.2, -0.15) is 0 Å². The van der Waals surface area contributed by atoms with Crippen molar-refractivity contribution in [1.29, 1.82) is 0 Å². The number of hydrogen-bond donors (Lipinski definition) is 0. The Bertz CT molecular complexity index is 329. The first-order chi connectivity index (χ1) is 7.86. The second-order valence-corrected chi connectivity index (χ2v) is 4.66. The second kappa shape index (κ2) is 5.33. The van der Waals surface area contributed by atoms with E-state index in [9.17, 15) is 0 Å². The maximum Gasteiger partial charge on any atom is 0.132 e. The van der Waals surface area contributed by atoms with E-state index in [4.69, 9.17) is 0 Å². The van der Waals surface area contributed by atoms with Gasteiger partial charge in [0.05, 0.1) is 0 Å². The highest BCUT2D eigenvalue weighted by Crippen LogP contribution is 2.29. The molecule has 0 saturated carbocycles. The average Bonchev–Trinajstić information content (AvgIpc) is 2.72. The summed E-state index contributed by atoms with van der Waals surface area (Å²) in [6, 6.07) is 4.97. The zero-order valence-corrected chi connectivity index (χ0v) is 10.4. The van der Waals surface area contributed by atoms with Gasteiger partial charge in [-0.1, -0.05) is 32.8 Å². The quantitative estimate of drug-likeness (QED) is 0.753. The van der Waals surface area contributed by atoms with Gasteiger partial charge in [0.1, 0.15) is 5.82 Å². The van der Waals surface area contributed by atoms with E-state index in [0.29, 0.717) is 6.04 Å². The molecule has 2 heteroatoms. The summed E-state index contributed by atoms with van der Waals surface area (Å²) in [5.41, 5.74) is 1.43. The molecule has 0 N–H and O–H groups in total. The van der Waals surface area contributed by atoms with E-state index in [1.165, 1.54) is 43.5 Å². The van der Waals surface area contributed by atoms with Crippen LogP contribution in [0.15, 0.2) is 18.3 Å². The Morgan fingerprint density at radius 3 is 2.75 bits per heavy atom. The summed E-state index contributed by atoms with van der Waals surface area (Å²) in [6.07, 6.45) is 8.22. The lowest BCUT2D eigenvalue weighted by molar-refractivity contribution is 0.511. The van der Waals surface area contributed by atoms with Crippen LogP contribution in [-0.4, -0.2) is 17.6 Å². The third-order valence-corrected chi connectivity index (χ3v) is 3.45. The molecule has 0 aromatic carbocycles. The first kappa shape index (κ1) is 11.4. The van der Waals surface area contributed by atoms with E-state index >= 15 is 0 Å². The molecule has 2 rings (SSSR count). The maximum atomic E-state index is 4.55. The summed E-state index contributed by atoms with van der Waals surface area (Å²) >= 11 is 0. The molecule has 1 aromatic rings. The van der Waals surface area contributed by atoms with E-state index in [-0.39, 0.29) is 0 Å². The van der Waals surface area contributed by atoms with Crippen molar-refractivity contribution in [3.8, 4) is 0 Å². The van der Waals surface area contributed by atoms with Gasteiger partial charge in [-0.25, -0.2) is 4.98 Å². The third kappa shape index (κ3) is 2.21. The van der Waals surface area contributed by atoms with Crippen LogP contribution in [0.2, 0.25) is 0 Å². The van der Waals surface area contributed by atoms with E-state index in [1.54, 1.807) is 0 Å². The molecule has 0 radical (unpaired) electrons. The van der Waals surface area contributed by atoms with Crippen LogP contribution in [0.1, 0.15) is 45.1 Å².